The number of aliphatic hydroxyl groups is 1. The van der Waals surface area contributed by atoms with E-state index in [1.165, 1.54) is 12.8 Å². The van der Waals surface area contributed by atoms with E-state index in [2.05, 4.69) is 4.90 Å². The molecule has 5 nitrogen and oxygen atoms in total. The SMILES string of the molecule is N[C@H](CN1CCCC1)C(O)c1ccc(OC2CCOC2)c(Cl)c1. The molecule has 3 rings (SSSR count). The van der Waals surface area contributed by atoms with Crippen molar-refractivity contribution in [3.05, 3.63) is 28.8 Å². The van der Waals surface area contributed by atoms with E-state index in [4.69, 9.17) is 26.8 Å². The van der Waals surface area contributed by atoms with Crippen LogP contribution in [-0.2, 0) is 4.74 Å². The third-order valence-electron chi connectivity index (χ3n) is 4.55. The highest BCUT2D eigenvalue weighted by atomic mass is 35.5. The minimum atomic E-state index is -0.725. The smallest absolute Gasteiger partial charge is 0.138 e. The third kappa shape index (κ3) is 4.37. The van der Waals surface area contributed by atoms with Crippen LogP contribution in [0.3, 0.4) is 0 Å². The number of hydrogen-bond acceptors (Lipinski definition) is 5. The Labute approximate surface area is 142 Å². The summed E-state index contributed by atoms with van der Waals surface area (Å²) < 4.78 is 11.1. The summed E-state index contributed by atoms with van der Waals surface area (Å²) >= 11 is 6.30. The number of nitrogens with zero attached hydrogens (tertiary/aromatic N) is 1. The van der Waals surface area contributed by atoms with E-state index >= 15 is 0 Å². The van der Waals surface area contributed by atoms with Gasteiger partial charge in [0.2, 0.25) is 0 Å². The number of ether oxygens (including phenoxy) is 2. The van der Waals surface area contributed by atoms with Crippen molar-refractivity contribution in [1.82, 2.24) is 4.90 Å². The maximum absolute atomic E-state index is 10.5. The second-order valence-corrected chi connectivity index (χ2v) is 6.82. The van der Waals surface area contributed by atoms with Gasteiger partial charge in [0, 0.05) is 19.0 Å². The van der Waals surface area contributed by atoms with Crippen molar-refractivity contribution in [1.29, 1.82) is 0 Å². The molecule has 2 heterocycles. The highest BCUT2D eigenvalue weighted by molar-refractivity contribution is 6.32. The highest BCUT2D eigenvalue weighted by Crippen LogP contribution is 2.30. The lowest BCUT2D eigenvalue weighted by Gasteiger charge is -2.25. The van der Waals surface area contributed by atoms with Gasteiger partial charge in [0.05, 0.1) is 24.3 Å². The molecule has 0 amide bonds. The Morgan fingerprint density at radius 3 is 2.83 bits per heavy atom. The molecule has 1 aromatic carbocycles. The van der Waals surface area contributed by atoms with Crippen molar-refractivity contribution in [2.24, 2.45) is 5.73 Å². The van der Waals surface area contributed by atoms with Crippen LogP contribution in [0.15, 0.2) is 18.2 Å². The van der Waals surface area contributed by atoms with Gasteiger partial charge in [0.15, 0.2) is 0 Å². The molecule has 0 aromatic heterocycles. The summed E-state index contributed by atoms with van der Waals surface area (Å²) in [5.41, 5.74) is 6.90. The van der Waals surface area contributed by atoms with Gasteiger partial charge >= 0.3 is 0 Å². The Balaban J connectivity index is 1.61. The standard InChI is InChI=1S/C17H25ClN2O3/c18-14-9-12(3-4-16(14)23-13-5-8-22-11-13)17(21)15(19)10-20-6-1-2-7-20/h3-4,9,13,15,17,21H,1-2,5-8,10-11,19H2/t13?,15-,17?/m1/s1. The lowest BCUT2D eigenvalue weighted by Crippen LogP contribution is -2.40. The van der Waals surface area contributed by atoms with Crippen LogP contribution in [0.5, 0.6) is 5.75 Å². The van der Waals surface area contributed by atoms with Crippen LogP contribution in [0, 0.1) is 0 Å². The molecular weight excluding hydrogens is 316 g/mol. The average molecular weight is 341 g/mol. The van der Waals surface area contributed by atoms with Crippen LogP contribution < -0.4 is 10.5 Å². The van der Waals surface area contributed by atoms with E-state index in [9.17, 15) is 5.11 Å². The molecule has 0 aliphatic carbocycles. The molecular formula is C17H25ClN2O3. The summed E-state index contributed by atoms with van der Waals surface area (Å²) in [5.74, 6) is 0.631. The van der Waals surface area contributed by atoms with Gasteiger partial charge < -0.3 is 25.2 Å². The number of aliphatic hydroxyl groups excluding tert-OH is 1. The topological polar surface area (TPSA) is 68.0 Å². The van der Waals surface area contributed by atoms with Crippen molar-refractivity contribution >= 4 is 11.6 Å². The molecule has 2 saturated heterocycles. The summed E-state index contributed by atoms with van der Waals surface area (Å²) in [4.78, 5) is 2.30. The van der Waals surface area contributed by atoms with Crippen LogP contribution in [0.1, 0.15) is 30.9 Å². The van der Waals surface area contributed by atoms with E-state index in [1.54, 1.807) is 6.07 Å². The largest absolute Gasteiger partial charge is 0.486 e. The molecule has 3 N–H and O–H groups in total. The molecule has 3 atom stereocenters. The van der Waals surface area contributed by atoms with Gasteiger partial charge in [0.1, 0.15) is 11.9 Å². The first kappa shape index (κ1) is 17.0. The number of likely N-dealkylation sites (tertiary alicyclic amines) is 1. The summed E-state index contributed by atoms with van der Waals surface area (Å²) in [6, 6.07) is 5.08. The van der Waals surface area contributed by atoms with Crippen LogP contribution in [0.25, 0.3) is 0 Å². The van der Waals surface area contributed by atoms with Crippen molar-refractivity contribution in [3.8, 4) is 5.75 Å². The van der Waals surface area contributed by atoms with Gasteiger partial charge in [-0.3, -0.25) is 0 Å². The third-order valence-corrected chi connectivity index (χ3v) is 4.85. The molecule has 2 aliphatic rings. The predicted molar refractivity (Wildman–Crippen MR) is 89.9 cm³/mol. The molecule has 0 saturated carbocycles. The molecule has 6 heteroatoms. The Morgan fingerprint density at radius 1 is 1.39 bits per heavy atom. The van der Waals surface area contributed by atoms with Gasteiger partial charge in [-0.2, -0.15) is 0 Å². The monoisotopic (exact) mass is 340 g/mol. The molecule has 0 radical (unpaired) electrons. The van der Waals surface area contributed by atoms with E-state index in [0.717, 1.165) is 31.7 Å². The summed E-state index contributed by atoms with van der Waals surface area (Å²) in [6.45, 7) is 4.16. The fourth-order valence-electron chi connectivity index (χ4n) is 3.19. The Hall–Kier alpha value is -0.850. The zero-order valence-corrected chi connectivity index (χ0v) is 14.0. The molecule has 23 heavy (non-hydrogen) atoms. The van der Waals surface area contributed by atoms with E-state index in [0.29, 0.717) is 23.9 Å². The molecule has 2 unspecified atom stereocenters. The normalized spacial score (nSPS) is 24.7. The first-order valence-corrected chi connectivity index (χ1v) is 8.71. The Morgan fingerprint density at radius 2 is 2.17 bits per heavy atom. The van der Waals surface area contributed by atoms with Gasteiger partial charge in [-0.15, -0.1) is 0 Å². The second kappa shape index (κ2) is 7.81. The number of halogens is 1. The minimum absolute atomic E-state index is 0.0562. The molecule has 1 aromatic rings. The quantitative estimate of drug-likeness (QED) is 0.828. The first-order valence-electron chi connectivity index (χ1n) is 8.33. The van der Waals surface area contributed by atoms with Gasteiger partial charge in [-0.25, -0.2) is 0 Å². The average Bonchev–Trinajstić information content (AvgIpc) is 3.22. The second-order valence-electron chi connectivity index (χ2n) is 6.41. The lowest BCUT2D eigenvalue weighted by atomic mass is 10.0. The Kier molecular flexibility index (Phi) is 5.77. The fraction of sp³-hybridized carbons (Fsp3) is 0.647. The van der Waals surface area contributed by atoms with Gasteiger partial charge in [-0.05, 0) is 43.6 Å². The molecule has 0 spiro atoms. The maximum Gasteiger partial charge on any atom is 0.138 e. The number of benzene rings is 1. The zero-order chi connectivity index (χ0) is 16.2. The molecule has 128 valence electrons. The molecule has 2 fully saturated rings. The van der Waals surface area contributed by atoms with Crippen molar-refractivity contribution in [2.45, 2.75) is 37.5 Å². The number of hydrogen-bond donors (Lipinski definition) is 2. The highest BCUT2D eigenvalue weighted by Gasteiger charge is 2.23. The van der Waals surface area contributed by atoms with Gasteiger partial charge in [0.25, 0.3) is 0 Å². The van der Waals surface area contributed by atoms with Gasteiger partial charge in [-0.1, -0.05) is 17.7 Å². The van der Waals surface area contributed by atoms with Crippen LogP contribution in [-0.4, -0.2) is 55.0 Å². The number of rotatable bonds is 6. The summed E-state index contributed by atoms with van der Waals surface area (Å²) in [5, 5.41) is 11.0. The van der Waals surface area contributed by atoms with E-state index in [-0.39, 0.29) is 12.1 Å². The predicted octanol–water partition coefficient (Wildman–Crippen LogP) is 1.96. The van der Waals surface area contributed by atoms with E-state index < -0.39 is 6.10 Å². The minimum Gasteiger partial charge on any atom is -0.486 e. The van der Waals surface area contributed by atoms with E-state index in [1.807, 2.05) is 12.1 Å². The molecule has 0 bridgehead atoms. The van der Waals surface area contributed by atoms with Crippen LogP contribution in [0.2, 0.25) is 5.02 Å². The van der Waals surface area contributed by atoms with Crippen LogP contribution >= 0.6 is 11.6 Å². The Bertz CT molecular complexity index is 517. The fourth-order valence-corrected chi connectivity index (χ4v) is 3.43. The first-order chi connectivity index (χ1) is 11.1. The van der Waals surface area contributed by atoms with Crippen molar-refractivity contribution in [3.63, 3.8) is 0 Å². The molecule has 2 aliphatic heterocycles. The zero-order valence-electron chi connectivity index (χ0n) is 13.3. The van der Waals surface area contributed by atoms with Crippen molar-refractivity contribution < 1.29 is 14.6 Å². The lowest BCUT2D eigenvalue weighted by molar-refractivity contribution is 0.125. The summed E-state index contributed by atoms with van der Waals surface area (Å²) in [7, 11) is 0. The number of nitrogens with two attached hydrogens (primary N) is 1. The maximum atomic E-state index is 10.5. The van der Waals surface area contributed by atoms with Crippen molar-refractivity contribution in [2.75, 3.05) is 32.8 Å². The van der Waals surface area contributed by atoms with Crippen LogP contribution in [0.4, 0.5) is 0 Å². The summed E-state index contributed by atoms with van der Waals surface area (Å²) in [6.07, 6.45) is 2.64.